The van der Waals surface area contributed by atoms with E-state index in [-0.39, 0.29) is 31.0 Å². The summed E-state index contributed by atoms with van der Waals surface area (Å²) in [4.78, 5) is 41.3. The van der Waals surface area contributed by atoms with Crippen molar-refractivity contribution in [2.75, 3.05) is 7.11 Å². The number of carbonyl (C=O) groups excluding carboxylic acids is 2. The maximum atomic E-state index is 12.5. The molecular formula is C21H23N3O5. The number of nitrogens with one attached hydrogen (secondary N) is 1. The van der Waals surface area contributed by atoms with Gasteiger partial charge in [0.15, 0.2) is 0 Å². The van der Waals surface area contributed by atoms with Crippen molar-refractivity contribution in [2.45, 2.75) is 33.0 Å². The van der Waals surface area contributed by atoms with Gasteiger partial charge < -0.3 is 15.2 Å². The van der Waals surface area contributed by atoms with Crippen LogP contribution in [0.4, 0.5) is 4.79 Å². The van der Waals surface area contributed by atoms with Crippen LogP contribution in [0.15, 0.2) is 36.5 Å². The van der Waals surface area contributed by atoms with E-state index < -0.39 is 12.1 Å². The van der Waals surface area contributed by atoms with Crippen LogP contribution >= 0.6 is 0 Å². The topological polar surface area (TPSA) is 109 Å². The third kappa shape index (κ3) is 4.21. The lowest BCUT2D eigenvalue weighted by molar-refractivity contribution is 0.0600. The van der Waals surface area contributed by atoms with Crippen LogP contribution in [0.1, 0.15) is 57.4 Å². The molecule has 1 atom stereocenters. The average molecular weight is 397 g/mol. The third-order valence-corrected chi connectivity index (χ3v) is 4.93. The number of amides is 2. The van der Waals surface area contributed by atoms with E-state index in [0.717, 1.165) is 11.1 Å². The molecule has 3 rings (SSSR count). The largest absolute Gasteiger partial charge is 0.465 e. The van der Waals surface area contributed by atoms with Crippen LogP contribution in [0.3, 0.4) is 0 Å². The zero-order valence-electron chi connectivity index (χ0n) is 16.5. The number of hydrogen-bond donors (Lipinski definition) is 2. The molecule has 29 heavy (non-hydrogen) atoms. The molecule has 1 unspecified atom stereocenters. The number of aromatic nitrogens is 1. The van der Waals surface area contributed by atoms with Gasteiger partial charge in [0.1, 0.15) is 0 Å². The molecule has 0 aliphatic carbocycles. The molecule has 2 N–H and O–H groups in total. The first-order valence-corrected chi connectivity index (χ1v) is 9.25. The molecule has 152 valence electrons. The van der Waals surface area contributed by atoms with Gasteiger partial charge in [-0.2, -0.15) is 0 Å². The molecule has 2 heterocycles. The monoisotopic (exact) mass is 397 g/mol. The minimum atomic E-state index is -0.997. The van der Waals surface area contributed by atoms with Gasteiger partial charge in [-0.3, -0.25) is 14.7 Å². The predicted octanol–water partition coefficient (Wildman–Crippen LogP) is 2.99. The Kier molecular flexibility index (Phi) is 5.81. The van der Waals surface area contributed by atoms with E-state index in [1.54, 1.807) is 30.3 Å². The number of nitrogens with zero attached hydrogens (tertiary/aromatic N) is 2. The quantitative estimate of drug-likeness (QED) is 0.751. The van der Waals surface area contributed by atoms with E-state index in [0.29, 0.717) is 16.8 Å². The van der Waals surface area contributed by atoms with E-state index >= 15 is 0 Å². The van der Waals surface area contributed by atoms with Crippen LogP contribution in [0.25, 0.3) is 0 Å². The second kappa shape index (κ2) is 8.30. The van der Waals surface area contributed by atoms with E-state index in [2.05, 4.69) is 15.0 Å². The Balaban J connectivity index is 1.69. The normalized spacial score (nSPS) is 15.2. The number of fused-ring (bicyclic) bond motifs is 1. The molecule has 1 aromatic carbocycles. The van der Waals surface area contributed by atoms with Gasteiger partial charge in [-0.1, -0.05) is 26.0 Å². The van der Waals surface area contributed by atoms with E-state index in [1.165, 1.54) is 18.2 Å². The minimum absolute atomic E-state index is 0.0764. The van der Waals surface area contributed by atoms with Gasteiger partial charge in [-0.15, -0.1) is 0 Å². The fourth-order valence-corrected chi connectivity index (χ4v) is 3.49. The smallest absolute Gasteiger partial charge is 0.408 e. The Labute approximate surface area is 168 Å². The van der Waals surface area contributed by atoms with Crippen molar-refractivity contribution in [3.05, 3.63) is 64.5 Å². The molecule has 0 fully saturated rings. The number of carbonyl (C=O) groups is 3. The van der Waals surface area contributed by atoms with Crippen molar-refractivity contribution in [2.24, 2.45) is 5.92 Å². The number of methoxy groups -OCH3 is 1. The summed E-state index contributed by atoms with van der Waals surface area (Å²) in [5.74, 6) is -0.639. The fraction of sp³-hybridized carbons (Fsp3) is 0.333. The standard InChI is InChI=1S/C21H23N3O5/c1-12(2)18-17-16(11-24(18)21(27)28)8-15(10-22-17)19(25)23-9-13-4-6-14(7-5-13)20(26)29-3/h4-8,10,12,18H,9,11H2,1-3H3,(H,23,25)(H,27,28). The van der Waals surface area contributed by atoms with Crippen LogP contribution in [0, 0.1) is 5.92 Å². The number of esters is 1. The summed E-state index contributed by atoms with van der Waals surface area (Å²) in [5.41, 5.74) is 3.10. The van der Waals surface area contributed by atoms with Crippen LogP contribution in [-0.2, 0) is 17.8 Å². The number of pyridine rings is 1. The molecule has 0 bridgehead atoms. The van der Waals surface area contributed by atoms with Crippen LogP contribution < -0.4 is 5.32 Å². The van der Waals surface area contributed by atoms with Gasteiger partial charge in [0.05, 0.1) is 36.5 Å². The molecule has 8 nitrogen and oxygen atoms in total. The average Bonchev–Trinajstić information content (AvgIpc) is 3.11. The highest BCUT2D eigenvalue weighted by atomic mass is 16.5. The first-order valence-electron chi connectivity index (χ1n) is 9.25. The van der Waals surface area contributed by atoms with Crippen LogP contribution in [0.5, 0.6) is 0 Å². The lowest BCUT2D eigenvalue weighted by atomic mass is 9.99. The van der Waals surface area contributed by atoms with E-state index in [4.69, 9.17) is 0 Å². The molecule has 0 spiro atoms. The zero-order chi connectivity index (χ0) is 21.1. The second-order valence-electron chi connectivity index (χ2n) is 7.24. The predicted molar refractivity (Wildman–Crippen MR) is 104 cm³/mol. The van der Waals surface area contributed by atoms with Crippen molar-refractivity contribution >= 4 is 18.0 Å². The van der Waals surface area contributed by atoms with Gasteiger partial charge in [0, 0.05) is 12.7 Å². The van der Waals surface area contributed by atoms with Crippen molar-refractivity contribution in [1.29, 1.82) is 0 Å². The van der Waals surface area contributed by atoms with Gasteiger partial charge in [-0.05, 0) is 35.2 Å². The molecular weight excluding hydrogens is 374 g/mol. The highest BCUT2D eigenvalue weighted by Gasteiger charge is 2.37. The Morgan fingerprint density at radius 3 is 2.52 bits per heavy atom. The number of carboxylic acid groups (broad SMARTS) is 1. The Morgan fingerprint density at radius 2 is 1.93 bits per heavy atom. The Bertz CT molecular complexity index is 940. The van der Waals surface area contributed by atoms with Crippen LogP contribution in [-0.4, -0.2) is 40.1 Å². The first-order chi connectivity index (χ1) is 13.8. The van der Waals surface area contributed by atoms with Gasteiger partial charge in [-0.25, -0.2) is 9.59 Å². The van der Waals surface area contributed by atoms with Crippen molar-refractivity contribution in [3.63, 3.8) is 0 Å². The summed E-state index contributed by atoms with van der Waals surface area (Å²) >= 11 is 0. The molecule has 1 aliphatic heterocycles. The minimum Gasteiger partial charge on any atom is -0.465 e. The molecule has 1 aromatic heterocycles. The summed E-state index contributed by atoms with van der Waals surface area (Å²) < 4.78 is 4.66. The summed E-state index contributed by atoms with van der Waals surface area (Å²) in [6.07, 6.45) is 0.484. The Hall–Kier alpha value is -3.42. The molecule has 0 saturated carbocycles. The molecule has 1 aliphatic rings. The summed E-state index contributed by atoms with van der Waals surface area (Å²) in [6, 6.07) is 8.15. The summed E-state index contributed by atoms with van der Waals surface area (Å²) in [5, 5.41) is 12.3. The summed E-state index contributed by atoms with van der Waals surface area (Å²) in [7, 11) is 1.32. The number of ether oxygens (including phenoxy) is 1. The van der Waals surface area contributed by atoms with Crippen LogP contribution in [0.2, 0.25) is 0 Å². The molecule has 0 saturated heterocycles. The maximum Gasteiger partial charge on any atom is 0.408 e. The van der Waals surface area contributed by atoms with Crippen molar-refractivity contribution in [3.8, 4) is 0 Å². The summed E-state index contributed by atoms with van der Waals surface area (Å²) in [6.45, 7) is 4.40. The fourth-order valence-electron chi connectivity index (χ4n) is 3.49. The highest BCUT2D eigenvalue weighted by molar-refractivity contribution is 5.94. The molecule has 2 aromatic rings. The number of benzene rings is 1. The molecule has 0 radical (unpaired) electrons. The van der Waals surface area contributed by atoms with E-state index in [1.807, 2.05) is 13.8 Å². The SMILES string of the molecule is COC(=O)c1ccc(CNC(=O)c2cnc3c(c2)CN(C(=O)O)C3C(C)C)cc1. The molecule has 2 amide bonds. The Morgan fingerprint density at radius 1 is 1.24 bits per heavy atom. The third-order valence-electron chi connectivity index (χ3n) is 4.93. The lowest BCUT2D eigenvalue weighted by Crippen LogP contribution is -2.30. The van der Waals surface area contributed by atoms with Crippen molar-refractivity contribution in [1.82, 2.24) is 15.2 Å². The van der Waals surface area contributed by atoms with E-state index in [9.17, 15) is 19.5 Å². The number of hydrogen-bond acceptors (Lipinski definition) is 5. The second-order valence-corrected chi connectivity index (χ2v) is 7.24. The van der Waals surface area contributed by atoms with Gasteiger partial charge >= 0.3 is 12.1 Å². The number of rotatable bonds is 5. The first kappa shape index (κ1) is 20.3. The zero-order valence-corrected chi connectivity index (χ0v) is 16.5. The van der Waals surface area contributed by atoms with Gasteiger partial charge in [0.2, 0.25) is 0 Å². The van der Waals surface area contributed by atoms with Crippen molar-refractivity contribution < 1.29 is 24.2 Å². The highest BCUT2D eigenvalue weighted by Crippen LogP contribution is 2.37. The lowest BCUT2D eigenvalue weighted by Gasteiger charge is -2.24. The molecule has 8 heteroatoms. The maximum absolute atomic E-state index is 12.5. The van der Waals surface area contributed by atoms with Gasteiger partial charge in [0.25, 0.3) is 5.91 Å².